The first-order valence-corrected chi connectivity index (χ1v) is 13.1. The van der Waals surface area contributed by atoms with E-state index in [-0.39, 0.29) is 34.3 Å². The highest BCUT2D eigenvalue weighted by Gasteiger charge is 2.31. The van der Waals surface area contributed by atoms with Gasteiger partial charge in [0.2, 0.25) is 0 Å². The topological polar surface area (TPSA) is 132 Å². The standard InChI is InChI=1S/C25H21Cl2N7O4S/c1-11-5-13(14-6-19(26)29-8-17(14)37-3)15(7-28-11)22(35)33-25-31-16-9-34(10-18(16)39-25)24(36)20-12(2)30-23(38-4)21(27)32-20/h5-8H,9-10H2,1-4H3,(H,31,33,35). The van der Waals surface area contributed by atoms with Crippen LogP contribution in [0.2, 0.25) is 10.3 Å². The number of carbonyl (C=O) groups excluding carboxylic acids is 2. The molecule has 0 fully saturated rings. The van der Waals surface area contributed by atoms with Gasteiger partial charge in [0.25, 0.3) is 17.7 Å². The van der Waals surface area contributed by atoms with Crippen LogP contribution in [0.4, 0.5) is 5.13 Å². The Kier molecular flexibility index (Phi) is 7.34. The lowest BCUT2D eigenvalue weighted by molar-refractivity contribution is 0.0743. The quantitative estimate of drug-likeness (QED) is 0.318. The predicted octanol–water partition coefficient (Wildman–Crippen LogP) is 4.74. The van der Waals surface area contributed by atoms with Crippen molar-refractivity contribution in [3.8, 4) is 22.8 Å². The number of pyridine rings is 2. The Bertz CT molecular complexity index is 1600. The largest absolute Gasteiger partial charge is 0.494 e. The van der Waals surface area contributed by atoms with Crippen molar-refractivity contribution in [3.05, 3.63) is 68.0 Å². The lowest BCUT2D eigenvalue weighted by Crippen LogP contribution is -2.27. The number of anilines is 1. The normalized spacial score (nSPS) is 12.3. The third kappa shape index (κ3) is 5.22. The Morgan fingerprint density at radius 3 is 2.51 bits per heavy atom. The molecule has 39 heavy (non-hydrogen) atoms. The number of nitrogens with one attached hydrogen (secondary N) is 1. The monoisotopic (exact) mass is 585 g/mol. The number of aryl methyl sites for hydroxylation is 2. The highest BCUT2D eigenvalue weighted by molar-refractivity contribution is 7.16. The van der Waals surface area contributed by atoms with Crippen LogP contribution in [0.5, 0.6) is 11.6 Å². The fraction of sp³-hybridized carbons (Fsp3) is 0.240. The minimum atomic E-state index is -0.397. The summed E-state index contributed by atoms with van der Waals surface area (Å²) in [6, 6.07) is 3.42. The van der Waals surface area contributed by atoms with Gasteiger partial charge in [0.1, 0.15) is 10.9 Å². The van der Waals surface area contributed by atoms with Crippen molar-refractivity contribution in [3.63, 3.8) is 0 Å². The first kappa shape index (κ1) is 26.7. The molecule has 0 bridgehead atoms. The van der Waals surface area contributed by atoms with Gasteiger partial charge in [0.15, 0.2) is 16.0 Å². The van der Waals surface area contributed by atoms with E-state index in [9.17, 15) is 9.59 Å². The average Bonchev–Trinajstić information content (AvgIpc) is 3.48. The highest BCUT2D eigenvalue weighted by atomic mass is 35.5. The average molecular weight is 586 g/mol. The molecule has 1 N–H and O–H groups in total. The number of nitrogens with zero attached hydrogens (tertiary/aromatic N) is 6. The van der Waals surface area contributed by atoms with E-state index in [2.05, 4.69) is 30.2 Å². The number of amides is 2. The second kappa shape index (κ2) is 10.7. The maximum atomic E-state index is 13.3. The molecule has 2 amide bonds. The van der Waals surface area contributed by atoms with E-state index < -0.39 is 5.91 Å². The van der Waals surface area contributed by atoms with E-state index in [4.69, 9.17) is 32.7 Å². The number of methoxy groups -OCH3 is 2. The van der Waals surface area contributed by atoms with E-state index in [1.807, 2.05) is 6.92 Å². The summed E-state index contributed by atoms with van der Waals surface area (Å²) in [5, 5.41) is 3.54. The number of carbonyl (C=O) groups is 2. The zero-order chi connectivity index (χ0) is 27.8. The van der Waals surface area contributed by atoms with E-state index in [1.54, 1.807) is 24.0 Å². The summed E-state index contributed by atoms with van der Waals surface area (Å²) in [6.45, 7) is 4.07. The van der Waals surface area contributed by atoms with Gasteiger partial charge in [-0.1, -0.05) is 34.5 Å². The maximum absolute atomic E-state index is 13.3. The lowest BCUT2D eigenvalue weighted by Gasteiger charge is -2.16. The Morgan fingerprint density at radius 2 is 1.79 bits per heavy atom. The van der Waals surface area contributed by atoms with Gasteiger partial charge in [-0.25, -0.2) is 19.9 Å². The predicted molar refractivity (Wildman–Crippen MR) is 146 cm³/mol. The van der Waals surface area contributed by atoms with Gasteiger partial charge in [-0.05, 0) is 26.0 Å². The third-order valence-electron chi connectivity index (χ3n) is 5.98. The molecule has 4 aromatic heterocycles. The van der Waals surface area contributed by atoms with Crippen LogP contribution in [0.15, 0.2) is 24.5 Å². The minimum Gasteiger partial charge on any atom is -0.494 e. The Hall–Kier alpha value is -3.87. The maximum Gasteiger partial charge on any atom is 0.275 e. The summed E-state index contributed by atoms with van der Waals surface area (Å²) in [5.41, 5.74) is 3.49. The van der Waals surface area contributed by atoms with Crippen LogP contribution in [0.3, 0.4) is 0 Å². The van der Waals surface area contributed by atoms with Gasteiger partial charge in [-0.3, -0.25) is 19.9 Å². The van der Waals surface area contributed by atoms with Crippen LogP contribution in [-0.4, -0.2) is 55.9 Å². The highest BCUT2D eigenvalue weighted by Crippen LogP contribution is 2.36. The molecular formula is C25H21Cl2N7O4S. The van der Waals surface area contributed by atoms with Gasteiger partial charge in [-0.2, -0.15) is 0 Å². The molecule has 0 aliphatic carbocycles. The van der Waals surface area contributed by atoms with Gasteiger partial charge in [0.05, 0.1) is 55.3 Å². The van der Waals surface area contributed by atoms with Crippen LogP contribution in [0.1, 0.15) is 42.8 Å². The zero-order valence-corrected chi connectivity index (χ0v) is 23.5. The van der Waals surface area contributed by atoms with Gasteiger partial charge in [-0.15, -0.1) is 0 Å². The van der Waals surface area contributed by atoms with Crippen molar-refractivity contribution >= 4 is 51.5 Å². The van der Waals surface area contributed by atoms with Crippen LogP contribution in [0, 0.1) is 13.8 Å². The molecular weight excluding hydrogens is 565 g/mol. The summed E-state index contributed by atoms with van der Waals surface area (Å²) in [7, 11) is 2.95. The summed E-state index contributed by atoms with van der Waals surface area (Å²) >= 11 is 13.5. The first-order chi connectivity index (χ1) is 18.7. The van der Waals surface area contributed by atoms with Gasteiger partial charge in [0, 0.05) is 23.0 Å². The molecule has 0 saturated heterocycles. The number of rotatable bonds is 6. The van der Waals surface area contributed by atoms with Crippen molar-refractivity contribution in [1.82, 2.24) is 29.8 Å². The van der Waals surface area contributed by atoms with E-state index in [0.717, 1.165) is 4.88 Å². The second-order valence-corrected chi connectivity index (χ2v) is 10.4. The SMILES string of the molecule is COc1cnc(Cl)cc1-c1cc(C)ncc1C(=O)Nc1nc2c(s1)CN(C(=O)c1nc(Cl)c(OC)nc1C)C2. The number of fused-ring (bicyclic) bond motifs is 1. The Morgan fingerprint density at radius 1 is 1.00 bits per heavy atom. The van der Waals surface area contributed by atoms with E-state index >= 15 is 0 Å². The second-order valence-electron chi connectivity index (χ2n) is 8.54. The van der Waals surface area contributed by atoms with Crippen molar-refractivity contribution in [2.45, 2.75) is 26.9 Å². The summed E-state index contributed by atoms with van der Waals surface area (Å²) < 4.78 is 10.5. The number of hydrogen-bond donors (Lipinski definition) is 1. The van der Waals surface area contributed by atoms with Gasteiger partial charge >= 0.3 is 0 Å². The fourth-order valence-corrected chi connectivity index (χ4v) is 5.46. The molecule has 200 valence electrons. The smallest absolute Gasteiger partial charge is 0.275 e. The number of halogens is 2. The molecule has 5 heterocycles. The lowest BCUT2D eigenvalue weighted by atomic mass is 10.0. The fourth-order valence-electron chi connectivity index (χ4n) is 4.12. The summed E-state index contributed by atoms with van der Waals surface area (Å²) in [6.07, 6.45) is 3.00. The van der Waals surface area contributed by atoms with Crippen LogP contribution in [0.25, 0.3) is 11.1 Å². The van der Waals surface area contributed by atoms with Crippen LogP contribution in [-0.2, 0) is 13.1 Å². The number of aromatic nitrogens is 5. The Labute approximate surface area is 237 Å². The third-order valence-corrected chi connectivity index (χ3v) is 7.44. The molecule has 1 aliphatic rings. The number of hydrogen-bond acceptors (Lipinski definition) is 10. The molecule has 4 aromatic rings. The van der Waals surface area contributed by atoms with E-state index in [1.165, 1.54) is 38.0 Å². The Balaban J connectivity index is 1.35. The van der Waals surface area contributed by atoms with Crippen molar-refractivity contribution in [1.29, 1.82) is 0 Å². The molecule has 0 atom stereocenters. The first-order valence-electron chi connectivity index (χ1n) is 11.5. The molecule has 0 spiro atoms. The molecule has 5 rings (SSSR count). The van der Waals surface area contributed by atoms with Gasteiger partial charge < -0.3 is 14.4 Å². The number of thiazole rings is 1. The van der Waals surface area contributed by atoms with E-state index in [0.29, 0.717) is 51.2 Å². The summed E-state index contributed by atoms with van der Waals surface area (Å²) in [4.78, 5) is 50.2. The molecule has 0 unspecified atom stereocenters. The molecule has 1 aliphatic heterocycles. The van der Waals surface area contributed by atoms with Crippen molar-refractivity contribution in [2.75, 3.05) is 19.5 Å². The van der Waals surface area contributed by atoms with Crippen molar-refractivity contribution in [2.24, 2.45) is 0 Å². The molecule has 0 aromatic carbocycles. The molecule has 11 nitrogen and oxygen atoms in total. The van der Waals surface area contributed by atoms with Crippen LogP contribution >= 0.6 is 34.5 Å². The molecule has 14 heteroatoms. The molecule has 0 radical (unpaired) electrons. The minimum absolute atomic E-state index is 0.0140. The van der Waals surface area contributed by atoms with Crippen LogP contribution < -0.4 is 14.8 Å². The number of ether oxygens (including phenoxy) is 2. The molecule has 0 saturated carbocycles. The van der Waals surface area contributed by atoms with Crippen molar-refractivity contribution < 1.29 is 19.1 Å². The zero-order valence-electron chi connectivity index (χ0n) is 21.2. The summed E-state index contributed by atoms with van der Waals surface area (Å²) in [5.74, 6) is -0.0897.